The quantitative estimate of drug-likeness (QED) is 0.413. The lowest BCUT2D eigenvalue weighted by Gasteiger charge is -2.33. The number of anilines is 1. The first-order chi connectivity index (χ1) is 16.7. The number of amides is 1. The number of nitrogens with one attached hydrogen (secondary N) is 1. The molecule has 0 radical (unpaired) electrons. The van der Waals surface area contributed by atoms with E-state index < -0.39 is 0 Å². The van der Waals surface area contributed by atoms with Gasteiger partial charge in [-0.2, -0.15) is 0 Å². The Kier molecular flexibility index (Phi) is 6.52. The number of nitrogens with zero attached hydrogens (tertiary/aromatic N) is 3. The van der Waals surface area contributed by atoms with E-state index in [1.165, 1.54) is 10.9 Å². The number of hydrogen-bond donors (Lipinski definition) is 1. The van der Waals surface area contributed by atoms with Crippen LogP contribution in [0.15, 0.2) is 79.3 Å². The molecular formula is C29H30N4O. The van der Waals surface area contributed by atoms with Crippen molar-refractivity contribution in [3.63, 3.8) is 0 Å². The molecule has 0 spiro atoms. The Labute approximate surface area is 200 Å². The van der Waals surface area contributed by atoms with Crippen molar-refractivity contribution in [3.8, 4) is 0 Å². The average molecular weight is 451 g/mol. The number of piperidine rings is 1. The average Bonchev–Trinajstić information content (AvgIpc) is 2.89. The van der Waals surface area contributed by atoms with Gasteiger partial charge in [-0.1, -0.05) is 24.3 Å². The molecule has 0 bridgehead atoms. The SMILES string of the molecule is Cc1ccc(C(=O)N2CCC[C@H](Cc3cccc4ncccc34)C2)cc1NCc1ccncc1. The van der Waals surface area contributed by atoms with Crippen LogP contribution in [0, 0.1) is 12.8 Å². The topological polar surface area (TPSA) is 58.1 Å². The van der Waals surface area contributed by atoms with Gasteiger partial charge in [0.15, 0.2) is 0 Å². The summed E-state index contributed by atoms with van der Waals surface area (Å²) < 4.78 is 0. The van der Waals surface area contributed by atoms with Crippen LogP contribution >= 0.6 is 0 Å². The molecule has 1 aliphatic heterocycles. The number of rotatable bonds is 6. The van der Waals surface area contributed by atoms with Crippen LogP contribution in [-0.2, 0) is 13.0 Å². The smallest absolute Gasteiger partial charge is 0.253 e. The molecule has 5 heteroatoms. The van der Waals surface area contributed by atoms with E-state index in [9.17, 15) is 4.79 Å². The van der Waals surface area contributed by atoms with Gasteiger partial charge in [0.2, 0.25) is 0 Å². The fourth-order valence-electron chi connectivity index (χ4n) is 4.90. The molecular weight excluding hydrogens is 420 g/mol. The van der Waals surface area contributed by atoms with Crippen molar-refractivity contribution in [1.82, 2.24) is 14.9 Å². The first kappa shape index (κ1) is 22.1. The minimum Gasteiger partial charge on any atom is -0.381 e. The van der Waals surface area contributed by atoms with E-state index in [0.29, 0.717) is 12.5 Å². The van der Waals surface area contributed by atoms with E-state index in [2.05, 4.69) is 46.5 Å². The van der Waals surface area contributed by atoms with E-state index in [1.54, 1.807) is 12.4 Å². The standard InChI is InChI=1S/C29H30N4O/c1-21-9-10-25(18-28(21)32-19-22-11-14-30-15-12-22)29(34)33-16-4-5-23(20-33)17-24-6-2-8-27-26(24)7-3-13-31-27/h2-3,6-15,18,23,32H,4-5,16-17,19-20H2,1H3/t23-/m1/s1. The van der Waals surface area contributed by atoms with Crippen LogP contribution < -0.4 is 5.32 Å². The fraction of sp³-hybridized carbons (Fsp3) is 0.276. The van der Waals surface area contributed by atoms with Gasteiger partial charge in [-0.05, 0) is 85.2 Å². The van der Waals surface area contributed by atoms with Crippen molar-refractivity contribution in [1.29, 1.82) is 0 Å². The van der Waals surface area contributed by atoms with Crippen molar-refractivity contribution < 1.29 is 4.79 Å². The van der Waals surface area contributed by atoms with Crippen molar-refractivity contribution in [2.75, 3.05) is 18.4 Å². The number of likely N-dealkylation sites (tertiary alicyclic amines) is 1. The van der Waals surface area contributed by atoms with Crippen LogP contribution in [0.5, 0.6) is 0 Å². The largest absolute Gasteiger partial charge is 0.381 e. The van der Waals surface area contributed by atoms with Crippen LogP contribution in [0.3, 0.4) is 0 Å². The summed E-state index contributed by atoms with van der Waals surface area (Å²) in [6, 6.07) is 20.5. The number of aromatic nitrogens is 2. The molecule has 2 aromatic heterocycles. The Balaban J connectivity index is 1.28. The Morgan fingerprint density at radius 2 is 1.94 bits per heavy atom. The number of hydrogen-bond acceptors (Lipinski definition) is 4. The van der Waals surface area contributed by atoms with Gasteiger partial charge >= 0.3 is 0 Å². The molecule has 3 heterocycles. The van der Waals surface area contributed by atoms with Crippen molar-refractivity contribution in [3.05, 3.63) is 102 Å². The zero-order chi connectivity index (χ0) is 23.3. The summed E-state index contributed by atoms with van der Waals surface area (Å²) in [5.41, 5.74) is 6.40. The molecule has 1 fully saturated rings. The van der Waals surface area contributed by atoms with Gasteiger partial charge in [-0.15, -0.1) is 0 Å². The maximum atomic E-state index is 13.4. The lowest BCUT2D eigenvalue weighted by Crippen LogP contribution is -2.40. The summed E-state index contributed by atoms with van der Waals surface area (Å²) in [5, 5.41) is 4.70. The molecule has 1 aliphatic rings. The third kappa shape index (κ3) is 4.93. The lowest BCUT2D eigenvalue weighted by molar-refractivity contribution is 0.0673. The van der Waals surface area contributed by atoms with E-state index in [4.69, 9.17) is 0 Å². The summed E-state index contributed by atoms with van der Waals surface area (Å²) in [7, 11) is 0. The Morgan fingerprint density at radius 3 is 2.82 bits per heavy atom. The Bertz CT molecular complexity index is 1280. The normalized spacial score (nSPS) is 15.9. The fourth-order valence-corrected chi connectivity index (χ4v) is 4.90. The number of carbonyl (C=O) groups excluding carboxylic acids is 1. The van der Waals surface area contributed by atoms with Gasteiger partial charge in [0.25, 0.3) is 5.91 Å². The molecule has 5 nitrogen and oxygen atoms in total. The van der Waals surface area contributed by atoms with Crippen molar-refractivity contribution in [2.24, 2.45) is 5.92 Å². The zero-order valence-electron chi connectivity index (χ0n) is 19.6. The van der Waals surface area contributed by atoms with Crippen molar-refractivity contribution in [2.45, 2.75) is 32.7 Å². The molecule has 1 saturated heterocycles. The molecule has 34 heavy (non-hydrogen) atoms. The number of aryl methyl sites for hydroxylation is 1. The van der Waals surface area contributed by atoms with Crippen LogP contribution in [0.25, 0.3) is 10.9 Å². The van der Waals surface area contributed by atoms with Gasteiger partial charge in [0.1, 0.15) is 0 Å². The summed E-state index contributed by atoms with van der Waals surface area (Å²) in [5.74, 6) is 0.578. The third-order valence-electron chi connectivity index (χ3n) is 6.77. The predicted molar refractivity (Wildman–Crippen MR) is 137 cm³/mol. The maximum Gasteiger partial charge on any atom is 0.253 e. The molecule has 1 atom stereocenters. The van der Waals surface area contributed by atoms with E-state index in [1.807, 2.05) is 47.5 Å². The second kappa shape index (κ2) is 10.0. The zero-order valence-corrected chi connectivity index (χ0v) is 19.6. The Hall–Kier alpha value is -3.73. The van der Waals surface area contributed by atoms with Gasteiger partial charge in [-0.25, -0.2) is 0 Å². The predicted octanol–water partition coefficient (Wildman–Crippen LogP) is 5.65. The third-order valence-corrected chi connectivity index (χ3v) is 6.77. The number of benzene rings is 2. The van der Waals surface area contributed by atoms with Gasteiger partial charge < -0.3 is 10.2 Å². The highest BCUT2D eigenvalue weighted by atomic mass is 16.2. The monoisotopic (exact) mass is 450 g/mol. The molecule has 1 amide bonds. The molecule has 0 aliphatic carbocycles. The van der Waals surface area contributed by atoms with Gasteiger partial charge in [-0.3, -0.25) is 14.8 Å². The van der Waals surface area contributed by atoms with Crippen molar-refractivity contribution >= 4 is 22.5 Å². The first-order valence-electron chi connectivity index (χ1n) is 12.0. The minimum absolute atomic E-state index is 0.122. The highest BCUT2D eigenvalue weighted by molar-refractivity contribution is 5.95. The number of carbonyl (C=O) groups is 1. The summed E-state index contributed by atoms with van der Waals surface area (Å²) in [6.07, 6.45) is 8.59. The van der Waals surface area contributed by atoms with Crippen LogP contribution in [0.4, 0.5) is 5.69 Å². The highest BCUT2D eigenvalue weighted by Gasteiger charge is 2.25. The van der Waals surface area contributed by atoms with Gasteiger partial charge in [0.05, 0.1) is 5.52 Å². The van der Waals surface area contributed by atoms with Crippen LogP contribution in [0.1, 0.15) is 39.9 Å². The van der Waals surface area contributed by atoms with E-state index >= 15 is 0 Å². The molecule has 0 unspecified atom stereocenters. The highest BCUT2D eigenvalue weighted by Crippen LogP contribution is 2.27. The molecule has 2 aromatic carbocycles. The molecule has 172 valence electrons. The molecule has 4 aromatic rings. The second-order valence-corrected chi connectivity index (χ2v) is 9.19. The van der Waals surface area contributed by atoms with Crippen LogP contribution in [0.2, 0.25) is 0 Å². The molecule has 5 rings (SSSR count). The Morgan fingerprint density at radius 1 is 1.06 bits per heavy atom. The van der Waals surface area contributed by atoms with Crippen LogP contribution in [-0.4, -0.2) is 33.9 Å². The summed E-state index contributed by atoms with van der Waals surface area (Å²) in [6.45, 7) is 4.38. The number of pyridine rings is 2. The van der Waals surface area contributed by atoms with E-state index in [-0.39, 0.29) is 5.91 Å². The summed E-state index contributed by atoms with van der Waals surface area (Å²) in [4.78, 5) is 24.0. The number of fused-ring (bicyclic) bond motifs is 1. The van der Waals surface area contributed by atoms with E-state index in [0.717, 1.165) is 60.2 Å². The first-order valence-corrected chi connectivity index (χ1v) is 12.0. The van der Waals surface area contributed by atoms with Gasteiger partial charge in [0, 0.05) is 54.9 Å². The summed E-state index contributed by atoms with van der Waals surface area (Å²) >= 11 is 0. The second-order valence-electron chi connectivity index (χ2n) is 9.19. The minimum atomic E-state index is 0.122. The molecule has 1 N–H and O–H groups in total. The molecule has 0 saturated carbocycles. The lowest BCUT2D eigenvalue weighted by atomic mass is 9.89. The maximum absolute atomic E-state index is 13.4.